The SMILES string of the molecule is C=CCN(CC=C)C(=O)Cn1c(CNC(=O)c2ccc(C)cc2C)nc2ccccc21. The summed E-state index contributed by atoms with van der Waals surface area (Å²) < 4.78 is 1.86. The highest BCUT2D eigenvalue weighted by molar-refractivity contribution is 5.95. The molecule has 2 amide bonds. The van der Waals surface area contributed by atoms with Gasteiger partial charge in [-0.15, -0.1) is 13.2 Å². The maximum atomic E-state index is 12.9. The highest BCUT2D eigenvalue weighted by Gasteiger charge is 2.18. The lowest BCUT2D eigenvalue weighted by Crippen LogP contribution is -2.35. The minimum atomic E-state index is -0.164. The first-order valence-corrected chi connectivity index (χ1v) is 10.2. The number of nitrogens with zero attached hydrogens (tertiary/aromatic N) is 3. The van der Waals surface area contributed by atoms with Gasteiger partial charge in [0.2, 0.25) is 5.91 Å². The average molecular weight is 417 g/mol. The van der Waals surface area contributed by atoms with E-state index in [9.17, 15) is 9.59 Å². The first-order valence-electron chi connectivity index (χ1n) is 10.2. The lowest BCUT2D eigenvalue weighted by Gasteiger charge is -2.20. The van der Waals surface area contributed by atoms with Crippen LogP contribution in [0.5, 0.6) is 0 Å². The largest absolute Gasteiger partial charge is 0.345 e. The number of benzene rings is 2. The molecule has 0 atom stereocenters. The van der Waals surface area contributed by atoms with E-state index in [1.54, 1.807) is 17.1 Å². The number of carbonyl (C=O) groups excluding carboxylic acids is 2. The molecule has 3 rings (SSSR count). The molecule has 0 aliphatic heterocycles. The van der Waals surface area contributed by atoms with Gasteiger partial charge >= 0.3 is 0 Å². The summed E-state index contributed by atoms with van der Waals surface area (Å²) in [6, 6.07) is 13.4. The molecule has 1 heterocycles. The first-order chi connectivity index (χ1) is 14.9. The number of aromatic nitrogens is 2. The number of imidazole rings is 1. The molecule has 6 nitrogen and oxygen atoms in total. The van der Waals surface area contributed by atoms with Gasteiger partial charge in [0, 0.05) is 18.7 Å². The van der Waals surface area contributed by atoms with E-state index in [0.29, 0.717) is 24.5 Å². The highest BCUT2D eigenvalue weighted by atomic mass is 16.2. The van der Waals surface area contributed by atoms with Crippen LogP contribution < -0.4 is 5.32 Å². The molecule has 0 spiro atoms. The number of carbonyl (C=O) groups is 2. The molecular weight excluding hydrogens is 388 g/mol. The normalized spacial score (nSPS) is 10.6. The molecule has 6 heteroatoms. The van der Waals surface area contributed by atoms with E-state index in [1.807, 2.05) is 60.9 Å². The molecule has 0 aliphatic carbocycles. The summed E-state index contributed by atoms with van der Waals surface area (Å²) in [5.74, 6) is 0.400. The summed E-state index contributed by atoms with van der Waals surface area (Å²) in [5.41, 5.74) is 4.30. The number of rotatable bonds is 9. The Morgan fingerprint density at radius 3 is 2.48 bits per heavy atom. The Hall–Kier alpha value is -3.67. The second kappa shape index (κ2) is 9.89. The van der Waals surface area contributed by atoms with Crippen molar-refractivity contribution in [2.24, 2.45) is 0 Å². The van der Waals surface area contributed by atoms with Crippen LogP contribution in [0.15, 0.2) is 67.8 Å². The summed E-state index contributed by atoms with van der Waals surface area (Å²) in [6.45, 7) is 12.6. The number of hydrogen-bond donors (Lipinski definition) is 1. The summed E-state index contributed by atoms with van der Waals surface area (Å²) in [7, 11) is 0. The molecule has 31 heavy (non-hydrogen) atoms. The van der Waals surface area contributed by atoms with Crippen LogP contribution in [0.4, 0.5) is 0 Å². The molecule has 0 saturated carbocycles. The van der Waals surface area contributed by atoms with E-state index < -0.39 is 0 Å². The molecule has 0 saturated heterocycles. The second-order valence-corrected chi connectivity index (χ2v) is 7.48. The van der Waals surface area contributed by atoms with E-state index >= 15 is 0 Å². The summed E-state index contributed by atoms with van der Waals surface area (Å²) >= 11 is 0. The smallest absolute Gasteiger partial charge is 0.251 e. The average Bonchev–Trinajstić information content (AvgIpc) is 3.09. The molecule has 1 aromatic heterocycles. The maximum Gasteiger partial charge on any atom is 0.251 e. The van der Waals surface area contributed by atoms with Crippen molar-refractivity contribution in [1.29, 1.82) is 0 Å². The number of fused-ring (bicyclic) bond motifs is 1. The summed E-state index contributed by atoms with van der Waals surface area (Å²) in [6.07, 6.45) is 3.39. The third-order valence-electron chi connectivity index (χ3n) is 5.11. The van der Waals surface area contributed by atoms with Crippen molar-refractivity contribution in [2.75, 3.05) is 13.1 Å². The van der Waals surface area contributed by atoms with Crippen LogP contribution in [-0.4, -0.2) is 39.4 Å². The minimum absolute atomic E-state index is 0.0649. The second-order valence-electron chi connectivity index (χ2n) is 7.48. The summed E-state index contributed by atoms with van der Waals surface area (Å²) in [4.78, 5) is 32.0. The van der Waals surface area contributed by atoms with Gasteiger partial charge in [0.25, 0.3) is 5.91 Å². The number of para-hydroxylation sites is 2. The van der Waals surface area contributed by atoms with E-state index in [4.69, 9.17) is 0 Å². The lowest BCUT2D eigenvalue weighted by atomic mass is 10.1. The van der Waals surface area contributed by atoms with Gasteiger partial charge in [-0.05, 0) is 37.6 Å². The van der Waals surface area contributed by atoms with E-state index in [0.717, 1.165) is 22.2 Å². The zero-order valence-corrected chi connectivity index (χ0v) is 18.1. The van der Waals surface area contributed by atoms with Crippen LogP contribution in [0.2, 0.25) is 0 Å². The minimum Gasteiger partial charge on any atom is -0.345 e. The van der Waals surface area contributed by atoms with Crippen LogP contribution in [0, 0.1) is 13.8 Å². The molecular formula is C25H28N4O2. The van der Waals surface area contributed by atoms with Crippen molar-refractivity contribution < 1.29 is 9.59 Å². The fourth-order valence-corrected chi connectivity index (χ4v) is 3.58. The predicted molar refractivity (Wildman–Crippen MR) is 124 cm³/mol. The fraction of sp³-hybridized carbons (Fsp3) is 0.240. The van der Waals surface area contributed by atoms with Crippen molar-refractivity contribution in [2.45, 2.75) is 26.9 Å². The number of nitrogens with one attached hydrogen (secondary N) is 1. The van der Waals surface area contributed by atoms with Gasteiger partial charge in [0.15, 0.2) is 0 Å². The molecule has 3 aromatic rings. The molecule has 0 radical (unpaired) electrons. The van der Waals surface area contributed by atoms with Crippen molar-refractivity contribution in [3.63, 3.8) is 0 Å². The number of hydrogen-bond acceptors (Lipinski definition) is 3. The van der Waals surface area contributed by atoms with Gasteiger partial charge in [-0.1, -0.05) is 42.0 Å². The van der Waals surface area contributed by atoms with Crippen molar-refractivity contribution >= 4 is 22.8 Å². The Balaban J connectivity index is 1.85. The summed E-state index contributed by atoms with van der Waals surface area (Å²) in [5, 5.41) is 2.95. The maximum absolute atomic E-state index is 12.9. The Kier molecular flexibility index (Phi) is 7.03. The molecule has 1 N–H and O–H groups in total. The number of aryl methyl sites for hydroxylation is 2. The third-order valence-corrected chi connectivity index (χ3v) is 5.11. The Morgan fingerprint density at radius 2 is 1.81 bits per heavy atom. The standard InChI is InChI=1S/C25H28N4O2/c1-5-13-28(14-6-2)24(30)17-29-22-10-8-7-9-21(22)27-23(29)16-26-25(31)20-12-11-18(3)15-19(20)4/h5-12,15H,1-2,13-14,16-17H2,3-4H3,(H,26,31). The van der Waals surface area contributed by atoms with E-state index in [-0.39, 0.29) is 24.9 Å². The Bertz CT molecular complexity index is 1120. The van der Waals surface area contributed by atoms with Gasteiger partial charge < -0.3 is 14.8 Å². The van der Waals surface area contributed by atoms with Gasteiger partial charge in [-0.3, -0.25) is 9.59 Å². The number of amides is 2. The van der Waals surface area contributed by atoms with Crippen molar-refractivity contribution in [3.8, 4) is 0 Å². The molecule has 0 unspecified atom stereocenters. The van der Waals surface area contributed by atoms with Crippen LogP contribution in [-0.2, 0) is 17.9 Å². The molecule has 0 fully saturated rings. The van der Waals surface area contributed by atoms with E-state index in [2.05, 4.69) is 23.5 Å². The Labute approximate surface area is 182 Å². The molecule has 160 valence electrons. The fourth-order valence-electron chi connectivity index (χ4n) is 3.58. The van der Waals surface area contributed by atoms with Crippen molar-refractivity contribution in [3.05, 3.63) is 90.3 Å². The third kappa shape index (κ3) is 5.09. The van der Waals surface area contributed by atoms with Crippen LogP contribution in [0.25, 0.3) is 11.0 Å². The van der Waals surface area contributed by atoms with E-state index in [1.165, 1.54) is 0 Å². The molecule has 2 aromatic carbocycles. The van der Waals surface area contributed by atoms with Crippen LogP contribution >= 0.6 is 0 Å². The monoisotopic (exact) mass is 416 g/mol. The molecule has 0 aliphatic rings. The molecule has 0 bridgehead atoms. The predicted octanol–water partition coefficient (Wildman–Crippen LogP) is 3.78. The highest BCUT2D eigenvalue weighted by Crippen LogP contribution is 2.17. The van der Waals surface area contributed by atoms with Crippen molar-refractivity contribution in [1.82, 2.24) is 19.8 Å². The van der Waals surface area contributed by atoms with Gasteiger partial charge in [0.05, 0.1) is 17.6 Å². The zero-order valence-electron chi connectivity index (χ0n) is 18.1. The first kappa shape index (κ1) is 22.0. The quantitative estimate of drug-likeness (QED) is 0.540. The zero-order chi connectivity index (χ0) is 22.4. The van der Waals surface area contributed by atoms with Crippen LogP contribution in [0.3, 0.4) is 0 Å². The Morgan fingerprint density at radius 1 is 1.10 bits per heavy atom. The van der Waals surface area contributed by atoms with Gasteiger partial charge in [0.1, 0.15) is 12.4 Å². The van der Waals surface area contributed by atoms with Crippen LogP contribution in [0.1, 0.15) is 27.3 Å². The lowest BCUT2D eigenvalue weighted by molar-refractivity contribution is -0.130. The van der Waals surface area contributed by atoms with Gasteiger partial charge in [-0.25, -0.2) is 4.98 Å². The van der Waals surface area contributed by atoms with Gasteiger partial charge in [-0.2, -0.15) is 0 Å². The topological polar surface area (TPSA) is 67.2 Å².